The van der Waals surface area contributed by atoms with Crippen molar-refractivity contribution in [3.05, 3.63) is 0 Å². The quantitative estimate of drug-likeness (QED) is 0.734. The van der Waals surface area contributed by atoms with E-state index in [1.54, 1.807) is 4.90 Å². The van der Waals surface area contributed by atoms with Crippen molar-refractivity contribution in [2.24, 2.45) is 0 Å². The van der Waals surface area contributed by atoms with Crippen LogP contribution < -0.4 is 5.32 Å². The van der Waals surface area contributed by atoms with Crippen LogP contribution in [0.5, 0.6) is 0 Å². The molecule has 7 heteroatoms. The smallest absolute Gasteiger partial charge is 0.326 e. The van der Waals surface area contributed by atoms with Crippen molar-refractivity contribution < 1.29 is 24.2 Å². The first-order valence-electron chi connectivity index (χ1n) is 6.89. The van der Waals surface area contributed by atoms with Crippen LogP contribution in [0, 0.1) is 0 Å². The predicted molar refractivity (Wildman–Crippen MR) is 71.2 cm³/mol. The second-order valence-electron chi connectivity index (χ2n) is 4.86. The number of carbonyl (C=O) groups excluding carboxylic acids is 2. The molecule has 0 aliphatic carbocycles. The summed E-state index contributed by atoms with van der Waals surface area (Å²) in [5.41, 5.74) is 0. The molecule has 1 heterocycles. The van der Waals surface area contributed by atoms with Crippen molar-refractivity contribution in [2.75, 3.05) is 20.2 Å². The minimum absolute atomic E-state index is 0.0294. The van der Waals surface area contributed by atoms with Crippen LogP contribution in [0.2, 0.25) is 0 Å². The number of carbonyl (C=O) groups is 3. The standard InChI is InChI=1S/C13H22N2O5/c1-20-11(16)7-6-10(12(17)18)14-13(19)15-8-4-2-3-5-9-15/h10H,2-9H2,1H3,(H,14,19)(H,17,18)/t10-/m1/s1. The number of methoxy groups -OCH3 is 1. The summed E-state index contributed by atoms with van der Waals surface area (Å²) in [6, 6.07) is -1.44. The Bertz CT molecular complexity index is 351. The zero-order valence-corrected chi connectivity index (χ0v) is 11.8. The molecule has 1 rings (SSSR count). The summed E-state index contributed by atoms with van der Waals surface area (Å²) in [6.07, 6.45) is 4.05. The van der Waals surface area contributed by atoms with E-state index in [1.807, 2.05) is 0 Å². The molecule has 2 N–H and O–H groups in total. The number of hydrogen-bond donors (Lipinski definition) is 2. The van der Waals surface area contributed by atoms with Crippen LogP contribution in [0.15, 0.2) is 0 Å². The third-order valence-electron chi connectivity index (χ3n) is 3.35. The zero-order valence-electron chi connectivity index (χ0n) is 11.8. The molecule has 1 aliphatic rings. The van der Waals surface area contributed by atoms with E-state index in [9.17, 15) is 14.4 Å². The molecule has 0 radical (unpaired) electrons. The molecule has 1 atom stereocenters. The third-order valence-corrected chi connectivity index (χ3v) is 3.35. The van der Waals surface area contributed by atoms with E-state index in [0.29, 0.717) is 13.1 Å². The molecule has 20 heavy (non-hydrogen) atoms. The fraction of sp³-hybridized carbons (Fsp3) is 0.769. The van der Waals surface area contributed by atoms with Gasteiger partial charge in [-0.1, -0.05) is 12.8 Å². The first-order valence-corrected chi connectivity index (χ1v) is 6.89. The van der Waals surface area contributed by atoms with Gasteiger partial charge in [-0.25, -0.2) is 9.59 Å². The minimum Gasteiger partial charge on any atom is -0.480 e. The Morgan fingerprint density at radius 1 is 1.20 bits per heavy atom. The number of ether oxygens (including phenoxy) is 1. The van der Waals surface area contributed by atoms with E-state index < -0.39 is 18.0 Å². The maximum Gasteiger partial charge on any atom is 0.326 e. The molecule has 0 aromatic carbocycles. The van der Waals surface area contributed by atoms with Gasteiger partial charge in [-0.05, 0) is 19.3 Å². The van der Waals surface area contributed by atoms with Gasteiger partial charge in [0.15, 0.2) is 0 Å². The van der Waals surface area contributed by atoms with Crippen LogP contribution in [0.4, 0.5) is 4.79 Å². The first kappa shape index (κ1) is 16.3. The molecular weight excluding hydrogens is 264 g/mol. The van der Waals surface area contributed by atoms with Gasteiger partial charge in [0.2, 0.25) is 0 Å². The van der Waals surface area contributed by atoms with Crippen molar-refractivity contribution in [1.82, 2.24) is 10.2 Å². The lowest BCUT2D eigenvalue weighted by Gasteiger charge is -2.23. The fourth-order valence-corrected chi connectivity index (χ4v) is 2.14. The van der Waals surface area contributed by atoms with Crippen molar-refractivity contribution in [3.63, 3.8) is 0 Å². The number of nitrogens with zero attached hydrogens (tertiary/aromatic N) is 1. The Balaban J connectivity index is 2.49. The first-order chi connectivity index (χ1) is 9.54. The molecule has 1 aliphatic heterocycles. The SMILES string of the molecule is COC(=O)CC[C@@H](NC(=O)N1CCCCCC1)C(=O)O. The third kappa shape index (κ3) is 5.46. The molecule has 0 bridgehead atoms. The number of rotatable bonds is 5. The molecule has 2 amide bonds. The lowest BCUT2D eigenvalue weighted by atomic mass is 10.1. The highest BCUT2D eigenvalue weighted by atomic mass is 16.5. The van der Waals surface area contributed by atoms with Gasteiger partial charge in [0.25, 0.3) is 0 Å². The molecule has 1 saturated heterocycles. The summed E-state index contributed by atoms with van der Waals surface area (Å²) in [5, 5.41) is 11.5. The number of amides is 2. The average molecular weight is 286 g/mol. The Morgan fingerprint density at radius 2 is 1.80 bits per heavy atom. The number of urea groups is 1. The van der Waals surface area contributed by atoms with Gasteiger partial charge in [-0.3, -0.25) is 4.79 Å². The number of nitrogens with one attached hydrogen (secondary N) is 1. The van der Waals surface area contributed by atoms with Gasteiger partial charge in [-0.2, -0.15) is 0 Å². The topological polar surface area (TPSA) is 95.9 Å². The van der Waals surface area contributed by atoms with Crippen LogP contribution in [0.25, 0.3) is 0 Å². The van der Waals surface area contributed by atoms with Crippen molar-refractivity contribution in [2.45, 2.75) is 44.6 Å². The van der Waals surface area contributed by atoms with Gasteiger partial charge < -0.3 is 20.1 Å². The summed E-state index contributed by atoms with van der Waals surface area (Å²) in [7, 11) is 1.24. The molecule has 7 nitrogen and oxygen atoms in total. The molecule has 0 saturated carbocycles. The van der Waals surface area contributed by atoms with Crippen LogP contribution in [-0.2, 0) is 14.3 Å². The number of hydrogen-bond acceptors (Lipinski definition) is 4. The lowest BCUT2D eigenvalue weighted by Crippen LogP contribution is -2.48. The van der Waals surface area contributed by atoms with Crippen LogP contribution in [0.3, 0.4) is 0 Å². The largest absolute Gasteiger partial charge is 0.480 e. The predicted octanol–water partition coefficient (Wildman–Crippen LogP) is 0.978. The molecule has 114 valence electrons. The van der Waals surface area contributed by atoms with E-state index >= 15 is 0 Å². The Kier molecular flexibility index (Phi) is 6.83. The molecule has 0 aromatic heterocycles. The lowest BCUT2D eigenvalue weighted by molar-refractivity contribution is -0.142. The highest BCUT2D eigenvalue weighted by Crippen LogP contribution is 2.10. The monoisotopic (exact) mass is 286 g/mol. The van der Waals surface area contributed by atoms with Crippen molar-refractivity contribution >= 4 is 18.0 Å². The minimum atomic E-state index is -1.14. The fourth-order valence-electron chi connectivity index (χ4n) is 2.14. The Labute approximate surface area is 118 Å². The van der Waals surface area contributed by atoms with E-state index in [0.717, 1.165) is 25.7 Å². The number of likely N-dealkylation sites (tertiary alicyclic amines) is 1. The van der Waals surface area contributed by atoms with Gasteiger partial charge in [-0.15, -0.1) is 0 Å². The highest BCUT2D eigenvalue weighted by Gasteiger charge is 2.24. The maximum atomic E-state index is 12.0. The van der Waals surface area contributed by atoms with Gasteiger partial charge in [0, 0.05) is 19.5 Å². The molecule has 0 unspecified atom stereocenters. The number of carboxylic acids is 1. The zero-order chi connectivity index (χ0) is 15.0. The summed E-state index contributed by atoms with van der Waals surface area (Å²) < 4.78 is 4.46. The van der Waals surface area contributed by atoms with Crippen molar-refractivity contribution in [3.8, 4) is 0 Å². The van der Waals surface area contributed by atoms with Crippen LogP contribution >= 0.6 is 0 Å². The molecule has 0 aromatic rings. The summed E-state index contributed by atoms with van der Waals surface area (Å²) in [6.45, 7) is 1.30. The summed E-state index contributed by atoms with van der Waals surface area (Å²) >= 11 is 0. The van der Waals surface area contributed by atoms with E-state index in [1.165, 1.54) is 7.11 Å². The van der Waals surface area contributed by atoms with Gasteiger partial charge >= 0.3 is 18.0 Å². The Morgan fingerprint density at radius 3 is 2.30 bits per heavy atom. The van der Waals surface area contributed by atoms with Gasteiger partial charge in [0.1, 0.15) is 6.04 Å². The number of esters is 1. The molecule has 1 fully saturated rings. The molecule has 0 spiro atoms. The van der Waals surface area contributed by atoms with E-state index in [2.05, 4.69) is 10.1 Å². The molecular formula is C13H22N2O5. The number of aliphatic carboxylic acids is 1. The Hall–Kier alpha value is -1.79. The van der Waals surface area contributed by atoms with Crippen molar-refractivity contribution in [1.29, 1.82) is 0 Å². The van der Waals surface area contributed by atoms with Crippen LogP contribution in [0.1, 0.15) is 38.5 Å². The number of carboxylic acid groups (broad SMARTS) is 1. The second kappa shape index (κ2) is 8.39. The second-order valence-corrected chi connectivity index (χ2v) is 4.86. The summed E-state index contributed by atoms with van der Waals surface area (Å²) in [5.74, 6) is -1.63. The normalized spacial score (nSPS) is 16.9. The summed E-state index contributed by atoms with van der Waals surface area (Å²) in [4.78, 5) is 35.8. The highest BCUT2D eigenvalue weighted by molar-refractivity contribution is 5.83. The van der Waals surface area contributed by atoms with Crippen LogP contribution in [-0.4, -0.2) is 54.2 Å². The maximum absolute atomic E-state index is 12.0. The van der Waals surface area contributed by atoms with E-state index in [-0.39, 0.29) is 18.9 Å². The van der Waals surface area contributed by atoms with Gasteiger partial charge in [0.05, 0.1) is 7.11 Å². The average Bonchev–Trinajstić information content (AvgIpc) is 2.71. The van der Waals surface area contributed by atoms with E-state index in [4.69, 9.17) is 5.11 Å².